The Morgan fingerprint density at radius 2 is 1.76 bits per heavy atom. The zero-order valence-corrected chi connectivity index (χ0v) is 10.7. The minimum Gasteiger partial charge on any atom is -0.392 e. The number of aliphatic hydroxyl groups excluding tert-OH is 2. The number of aliphatic hydroxyl groups is 2. The molecule has 0 saturated carbocycles. The van der Waals surface area contributed by atoms with Gasteiger partial charge in [-0.3, -0.25) is 4.90 Å². The van der Waals surface area contributed by atoms with E-state index in [-0.39, 0.29) is 12.2 Å². The van der Waals surface area contributed by atoms with E-state index < -0.39 is 0 Å². The monoisotopic (exact) mass is 237 g/mol. The molecule has 0 aromatic heterocycles. The SMILES string of the molecule is CCC(O)CN(Cc1ccccc1)CC(C)O. The van der Waals surface area contributed by atoms with Crippen molar-refractivity contribution in [1.29, 1.82) is 0 Å². The molecule has 0 spiro atoms. The Balaban J connectivity index is 2.57. The van der Waals surface area contributed by atoms with E-state index >= 15 is 0 Å². The third-order valence-corrected chi connectivity index (χ3v) is 2.71. The predicted octanol–water partition coefficient (Wildman–Crippen LogP) is 1.64. The summed E-state index contributed by atoms with van der Waals surface area (Å²) in [6, 6.07) is 10.1. The molecule has 1 aromatic carbocycles. The summed E-state index contributed by atoms with van der Waals surface area (Å²) < 4.78 is 0. The van der Waals surface area contributed by atoms with Crippen LogP contribution in [0.1, 0.15) is 25.8 Å². The second kappa shape index (κ2) is 7.43. The van der Waals surface area contributed by atoms with E-state index in [4.69, 9.17) is 0 Å². The highest BCUT2D eigenvalue weighted by atomic mass is 16.3. The standard InChI is InChI=1S/C14H23NO2/c1-3-14(17)11-15(9-12(2)16)10-13-7-5-4-6-8-13/h4-8,12,14,16-17H,3,9-11H2,1-2H3. The molecule has 0 radical (unpaired) electrons. The van der Waals surface area contributed by atoms with E-state index in [1.54, 1.807) is 6.92 Å². The summed E-state index contributed by atoms with van der Waals surface area (Å²) >= 11 is 0. The van der Waals surface area contributed by atoms with Gasteiger partial charge in [-0.2, -0.15) is 0 Å². The van der Waals surface area contributed by atoms with Crippen LogP contribution in [-0.2, 0) is 6.54 Å². The van der Waals surface area contributed by atoms with Gasteiger partial charge in [0.15, 0.2) is 0 Å². The van der Waals surface area contributed by atoms with Gasteiger partial charge in [-0.25, -0.2) is 0 Å². The molecule has 2 unspecified atom stereocenters. The summed E-state index contributed by atoms with van der Waals surface area (Å²) in [5.41, 5.74) is 1.21. The molecule has 0 aliphatic heterocycles. The van der Waals surface area contributed by atoms with Crippen LogP contribution in [0.25, 0.3) is 0 Å². The van der Waals surface area contributed by atoms with Crippen molar-refractivity contribution in [3.63, 3.8) is 0 Å². The van der Waals surface area contributed by atoms with Crippen LogP contribution in [0.15, 0.2) is 30.3 Å². The van der Waals surface area contributed by atoms with Crippen LogP contribution in [0.3, 0.4) is 0 Å². The van der Waals surface area contributed by atoms with Crippen molar-refractivity contribution in [2.75, 3.05) is 13.1 Å². The topological polar surface area (TPSA) is 43.7 Å². The van der Waals surface area contributed by atoms with Gasteiger partial charge in [0, 0.05) is 19.6 Å². The van der Waals surface area contributed by atoms with Crippen molar-refractivity contribution in [2.45, 2.75) is 39.0 Å². The fourth-order valence-electron chi connectivity index (χ4n) is 1.85. The van der Waals surface area contributed by atoms with Gasteiger partial charge in [-0.1, -0.05) is 37.3 Å². The number of hydrogen-bond acceptors (Lipinski definition) is 3. The average molecular weight is 237 g/mol. The average Bonchev–Trinajstić information content (AvgIpc) is 2.29. The Hall–Kier alpha value is -0.900. The molecule has 0 saturated heterocycles. The quantitative estimate of drug-likeness (QED) is 0.757. The van der Waals surface area contributed by atoms with Gasteiger partial charge in [-0.05, 0) is 18.9 Å². The molecular weight excluding hydrogens is 214 g/mol. The summed E-state index contributed by atoms with van der Waals surface area (Å²) in [6.07, 6.45) is 0.0469. The number of nitrogens with zero attached hydrogens (tertiary/aromatic N) is 1. The van der Waals surface area contributed by atoms with Gasteiger partial charge in [0.25, 0.3) is 0 Å². The molecule has 2 N–H and O–H groups in total. The van der Waals surface area contributed by atoms with E-state index in [1.165, 1.54) is 5.56 Å². The highest BCUT2D eigenvalue weighted by molar-refractivity contribution is 5.14. The number of rotatable bonds is 7. The van der Waals surface area contributed by atoms with Crippen LogP contribution in [0.4, 0.5) is 0 Å². The van der Waals surface area contributed by atoms with E-state index in [1.807, 2.05) is 25.1 Å². The van der Waals surface area contributed by atoms with Crippen LogP contribution < -0.4 is 0 Å². The van der Waals surface area contributed by atoms with Crippen LogP contribution in [0.5, 0.6) is 0 Å². The van der Waals surface area contributed by atoms with E-state index in [0.29, 0.717) is 13.1 Å². The first kappa shape index (κ1) is 14.2. The molecule has 0 aliphatic rings. The number of benzene rings is 1. The van der Waals surface area contributed by atoms with E-state index in [9.17, 15) is 10.2 Å². The molecule has 0 bridgehead atoms. The summed E-state index contributed by atoms with van der Waals surface area (Å²) in [5.74, 6) is 0. The lowest BCUT2D eigenvalue weighted by Crippen LogP contribution is -2.36. The molecular formula is C14H23NO2. The highest BCUT2D eigenvalue weighted by Gasteiger charge is 2.12. The maximum atomic E-state index is 9.70. The lowest BCUT2D eigenvalue weighted by Gasteiger charge is -2.25. The van der Waals surface area contributed by atoms with Gasteiger partial charge in [-0.15, -0.1) is 0 Å². The Bertz CT molecular complexity index is 300. The second-order valence-corrected chi connectivity index (χ2v) is 4.59. The van der Waals surface area contributed by atoms with Crippen molar-refractivity contribution in [1.82, 2.24) is 4.90 Å². The van der Waals surface area contributed by atoms with Crippen molar-refractivity contribution in [3.8, 4) is 0 Å². The largest absolute Gasteiger partial charge is 0.392 e. The van der Waals surface area contributed by atoms with Crippen molar-refractivity contribution < 1.29 is 10.2 Å². The molecule has 3 nitrogen and oxygen atoms in total. The minimum atomic E-state index is -0.372. The normalized spacial score (nSPS) is 14.9. The van der Waals surface area contributed by atoms with Gasteiger partial charge < -0.3 is 10.2 Å². The molecule has 0 amide bonds. The molecule has 0 fully saturated rings. The van der Waals surface area contributed by atoms with Crippen LogP contribution >= 0.6 is 0 Å². The maximum absolute atomic E-state index is 9.70. The van der Waals surface area contributed by atoms with E-state index in [2.05, 4.69) is 17.0 Å². The zero-order valence-electron chi connectivity index (χ0n) is 10.7. The van der Waals surface area contributed by atoms with Crippen molar-refractivity contribution in [2.24, 2.45) is 0 Å². The lowest BCUT2D eigenvalue weighted by molar-refractivity contribution is 0.0702. The highest BCUT2D eigenvalue weighted by Crippen LogP contribution is 2.07. The molecule has 2 atom stereocenters. The first-order valence-corrected chi connectivity index (χ1v) is 6.24. The third kappa shape index (κ3) is 5.82. The van der Waals surface area contributed by atoms with Gasteiger partial charge >= 0.3 is 0 Å². The molecule has 3 heteroatoms. The first-order valence-electron chi connectivity index (χ1n) is 6.24. The molecule has 0 aliphatic carbocycles. The Kier molecular flexibility index (Phi) is 6.19. The molecule has 0 heterocycles. The van der Waals surface area contributed by atoms with Gasteiger partial charge in [0.2, 0.25) is 0 Å². The summed E-state index contributed by atoms with van der Waals surface area (Å²) in [6.45, 7) is 5.70. The fourth-order valence-corrected chi connectivity index (χ4v) is 1.85. The first-order chi connectivity index (χ1) is 8.11. The van der Waals surface area contributed by atoms with Crippen LogP contribution in [-0.4, -0.2) is 40.4 Å². The Morgan fingerprint density at radius 1 is 1.12 bits per heavy atom. The molecule has 1 aromatic rings. The molecule has 96 valence electrons. The summed E-state index contributed by atoms with van der Waals surface area (Å²) in [4.78, 5) is 2.09. The third-order valence-electron chi connectivity index (χ3n) is 2.71. The number of hydrogen-bond donors (Lipinski definition) is 2. The molecule has 17 heavy (non-hydrogen) atoms. The van der Waals surface area contributed by atoms with Crippen LogP contribution in [0.2, 0.25) is 0 Å². The van der Waals surface area contributed by atoms with Crippen molar-refractivity contribution >= 4 is 0 Å². The van der Waals surface area contributed by atoms with Crippen molar-refractivity contribution in [3.05, 3.63) is 35.9 Å². The summed E-state index contributed by atoms with van der Waals surface area (Å²) in [7, 11) is 0. The fraction of sp³-hybridized carbons (Fsp3) is 0.571. The molecule has 1 rings (SSSR count). The summed E-state index contributed by atoms with van der Waals surface area (Å²) in [5, 5.41) is 19.2. The van der Waals surface area contributed by atoms with Gasteiger partial charge in [0.1, 0.15) is 0 Å². The smallest absolute Gasteiger partial charge is 0.0664 e. The maximum Gasteiger partial charge on any atom is 0.0664 e. The van der Waals surface area contributed by atoms with Gasteiger partial charge in [0.05, 0.1) is 12.2 Å². The zero-order chi connectivity index (χ0) is 12.7. The van der Waals surface area contributed by atoms with Crippen LogP contribution in [0, 0.1) is 0 Å². The second-order valence-electron chi connectivity index (χ2n) is 4.59. The van der Waals surface area contributed by atoms with E-state index in [0.717, 1.165) is 13.0 Å². The predicted molar refractivity (Wildman–Crippen MR) is 69.7 cm³/mol. The minimum absolute atomic E-state index is 0.322. The lowest BCUT2D eigenvalue weighted by atomic mass is 10.2. The Morgan fingerprint density at radius 3 is 2.29 bits per heavy atom. The Labute approximate surface area is 104 Å².